The number of fused-ring (bicyclic) bond motifs is 1. The molecule has 0 fully saturated rings. The lowest BCUT2D eigenvalue weighted by Crippen LogP contribution is -2.05. The van der Waals surface area contributed by atoms with Crippen molar-refractivity contribution in [1.29, 1.82) is 0 Å². The van der Waals surface area contributed by atoms with Gasteiger partial charge in [-0.1, -0.05) is 60.7 Å². The third-order valence-corrected chi connectivity index (χ3v) is 5.71. The molecule has 0 aromatic heterocycles. The van der Waals surface area contributed by atoms with Crippen molar-refractivity contribution in [3.8, 4) is 28.7 Å². The molecule has 8 heteroatoms. The molecule has 0 heterocycles. The Morgan fingerprint density at radius 2 is 1.30 bits per heavy atom. The summed E-state index contributed by atoms with van der Waals surface area (Å²) in [5.41, 5.74) is 2.31. The Bertz CT molecular complexity index is 1400. The summed E-state index contributed by atoms with van der Waals surface area (Å²) in [7, 11) is 4.61. The van der Waals surface area contributed by atoms with Crippen molar-refractivity contribution in [3.05, 3.63) is 106 Å². The molecule has 0 amide bonds. The van der Waals surface area contributed by atoms with Gasteiger partial charge in [0.05, 0.1) is 31.6 Å². The molecule has 0 radical (unpaired) electrons. The van der Waals surface area contributed by atoms with Crippen LogP contribution < -0.4 is 23.7 Å². The van der Waals surface area contributed by atoms with E-state index in [0.717, 1.165) is 17.3 Å². The van der Waals surface area contributed by atoms with E-state index in [9.17, 15) is 10.1 Å². The second kappa shape index (κ2) is 11.8. The quantitative estimate of drug-likeness (QED) is 0.177. The summed E-state index contributed by atoms with van der Waals surface area (Å²) in [5.74, 6) is 2.05. The fraction of sp³-hybridized carbons (Fsp3) is 0.172. The highest BCUT2D eigenvalue weighted by Gasteiger charge is 2.25. The first kappa shape index (κ1) is 25.4. The summed E-state index contributed by atoms with van der Waals surface area (Å²) in [6.45, 7) is 0.444. The van der Waals surface area contributed by atoms with E-state index in [-0.39, 0.29) is 13.2 Å². The molecule has 4 rings (SSSR count). The van der Waals surface area contributed by atoms with Crippen molar-refractivity contribution < 1.29 is 28.6 Å². The molecule has 8 nitrogen and oxygen atoms in total. The number of hydrogen-bond acceptors (Lipinski definition) is 7. The molecule has 37 heavy (non-hydrogen) atoms. The Balaban J connectivity index is 1.98. The smallest absolute Gasteiger partial charge is 0.235 e. The van der Waals surface area contributed by atoms with Crippen LogP contribution in [0.2, 0.25) is 0 Å². The predicted molar refractivity (Wildman–Crippen MR) is 141 cm³/mol. The summed E-state index contributed by atoms with van der Waals surface area (Å²) in [6, 6.07) is 22.7. The van der Waals surface area contributed by atoms with Crippen LogP contribution in [0.3, 0.4) is 0 Å². The van der Waals surface area contributed by atoms with Gasteiger partial charge in [-0.2, -0.15) is 0 Å². The zero-order chi connectivity index (χ0) is 26.2. The Labute approximate surface area is 214 Å². The maximum absolute atomic E-state index is 11.2. The molecule has 0 unspecified atom stereocenters. The van der Waals surface area contributed by atoms with Crippen LogP contribution in [0.25, 0.3) is 16.8 Å². The highest BCUT2D eigenvalue weighted by Crippen LogP contribution is 2.51. The molecule has 0 saturated carbocycles. The lowest BCUT2D eigenvalue weighted by molar-refractivity contribution is -0.400. The van der Waals surface area contributed by atoms with E-state index in [4.69, 9.17) is 23.7 Å². The summed E-state index contributed by atoms with van der Waals surface area (Å²) >= 11 is 0. The SMILES string of the molecule is COc1cc(OC)c2cc(/C=C/[N+](=O)[O-])c(OCc3ccccc3)c(OCc3ccccc3)c2c1OC. The van der Waals surface area contributed by atoms with Gasteiger partial charge in [-0.05, 0) is 17.2 Å². The molecule has 4 aromatic carbocycles. The van der Waals surface area contributed by atoms with Gasteiger partial charge >= 0.3 is 0 Å². The van der Waals surface area contributed by atoms with Crippen LogP contribution in [0.15, 0.2) is 79.0 Å². The second-order valence-corrected chi connectivity index (χ2v) is 8.01. The molecule has 0 spiro atoms. The average Bonchev–Trinajstić information content (AvgIpc) is 2.93. The molecule has 0 bridgehead atoms. The number of methoxy groups -OCH3 is 3. The van der Waals surface area contributed by atoms with Gasteiger partial charge in [0.2, 0.25) is 6.20 Å². The van der Waals surface area contributed by atoms with Gasteiger partial charge in [0.1, 0.15) is 19.0 Å². The lowest BCUT2D eigenvalue weighted by atomic mass is 10.0. The van der Waals surface area contributed by atoms with Crippen LogP contribution in [-0.2, 0) is 13.2 Å². The maximum Gasteiger partial charge on any atom is 0.235 e. The number of rotatable bonds is 11. The van der Waals surface area contributed by atoms with Crippen molar-refractivity contribution in [1.82, 2.24) is 0 Å². The summed E-state index contributed by atoms with van der Waals surface area (Å²) < 4.78 is 29.7. The van der Waals surface area contributed by atoms with Crippen molar-refractivity contribution in [3.63, 3.8) is 0 Å². The maximum atomic E-state index is 11.2. The predicted octanol–water partition coefficient (Wildman–Crippen LogP) is 6.27. The Morgan fingerprint density at radius 3 is 1.81 bits per heavy atom. The standard InChI is InChI=1S/C29H27NO7/c1-33-24-17-25(34-2)28(35-3)26-23(24)16-22(14-15-30(31)32)27(36-18-20-10-6-4-7-11-20)29(26)37-19-21-12-8-5-9-13-21/h4-17H,18-19H2,1-3H3/b15-14+. The number of nitrogens with zero attached hydrogens (tertiary/aromatic N) is 1. The number of hydrogen-bond donors (Lipinski definition) is 0. The first-order valence-corrected chi connectivity index (χ1v) is 11.5. The minimum atomic E-state index is -0.526. The van der Waals surface area contributed by atoms with Gasteiger partial charge in [0.15, 0.2) is 23.0 Å². The van der Waals surface area contributed by atoms with E-state index in [1.54, 1.807) is 12.1 Å². The molecule has 0 aliphatic heterocycles. The fourth-order valence-electron chi connectivity index (χ4n) is 4.00. The second-order valence-electron chi connectivity index (χ2n) is 8.01. The van der Waals surface area contributed by atoms with Crippen LogP contribution in [0.5, 0.6) is 28.7 Å². The molecule has 0 aliphatic rings. The zero-order valence-corrected chi connectivity index (χ0v) is 20.8. The van der Waals surface area contributed by atoms with E-state index < -0.39 is 4.92 Å². The van der Waals surface area contributed by atoms with E-state index >= 15 is 0 Å². The largest absolute Gasteiger partial charge is 0.496 e. The van der Waals surface area contributed by atoms with Gasteiger partial charge in [-0.3, -0.25) is 10.1 Å². The van der Waals surface area contributed by atoms with E-state index in [2.05, 4.69) is 0 Å². The summed E-state index contributed by atoms with van der Waals surface area (Å²) in [5, 5.41) is 12.4. The van der Waals surface area contributed by atoms with Crippen LogP contribution in [-0.4, -0.2) is 26.3 Å². The van der Waals surface area contributed by atoms with Crippen LogP contribution in [0.1, 0.15) is 16.7 Å². The first-order chi connectivity index (χ1) is 18.0. The molecular weight excluding hydrogens is 474 g/mol. The summed E-state index contributed by atoms with van der Waals surface area (Å²) in [4.78, 5) is 10.7. The summed E-state index contributed by atoms with van der Waals surface area (Å²) in [6.07, 6.45) is 2.25. The number of benzene rings is 4. The van der Waals surface area contributed by atoms with Crippen molar-refractivity contribution in [2.45, 2.75) is 13.2 Å². The van der Waals surface area contributed by atoms with Crippen LogP contribution in [0, 0.1) is 10.1 Å². The van der Waals surface area contributed by atoms with Crippen molar-refractivity contribution in [2.75, 3.05) is 21.3 Å². The molecule has 190 valence electrons. The molecule has 4 aromatic rings. The van der Waals surface area contributed by atoms with E-state index in [1.165, 1.54) is 27.4 Å². The van der Waals surface area contributed by atoms with Gasteiger partial charge in [0.25, 0.3) is 0 Å². The normalized spacial score (nSPS) is 10.9. The highest BCUT2D eigenvalue weighted by molar-refractivity contribution is 6.03. The fourth-order valence-corrected chi connectivity index (χ4v) is 4.00. The number of nitro groups is 1. The Hall–Kier alpha value is -4.72. The topological polar surface area (TPSA) is 89.3 Å². The molecular formula is C29H27NO7. The van der Waals surface area contributed by atoms with Crippen molar-refractivity contribution >= 4 is 16.8 Å². The third kappa shape index (κ3) is 5.75. The average molecular weight is 502 g/mol. The Kier molecular flexibility index (Phi) is 8.10. The van der Waals surface area contributed by atoms with Gasteiger partial charge in [0, 0.05) is 23.1 Å². The minimum Gasteiger partial charge on any atom is -0.496 e. The van der Waals surface area contributed by atoms with Gasteiger partial charge < -0.3 is 23.7 Å². The van der Waals surface area contributed by atoms with Gasteiger partial charge in [-0.25, -0.2) is 0 Å². The molecule has 0 saturated heterocycles. The molecule has 0 atom stereocenters. The molecule has 0 N–H and O–H groups in total. The third-order valence-electron chi connectivity index (χ3n) is 5.71. The monoisotopic (exact) mass is 501 g/mol. The van der Waals surface area contributed by atoms with Crippen LogP contribution in [0.4, 0.5) is 0 Å². The first-order valence-electron chi connectivity index (χ1n) is 11.5. The highest BCUT2D eigenvalue weighted by atomic mass is 16.6. The van der Waals surface area contributed by atoms with Crippen LogP contribution >= 0.6 is 0 Å². The van der Waals surface area contributed by atoms with E-state index in [0.29, 0.717) is 45.1 Å². The zero-order valence-electron chi connectivity index (χ0n) is 20.8. The lowest BCUT2D eigenvalue weighted by Gasteiger charge is -2.21. The number of ether oxygens (including phenoxy) is 5. The van der Waals surface area contributed by atoms with Gasteiger partial charge in [-0.15, -0.1) is 0 Å². The van der Waals surface area contributed by atoms with E-state index in [1.807, 2.05) is 60.7 Å². The minimum absolute atomic E-state index is 0.219. The molecule has 0 aliphatic carbocycles. The van der Waals surface area contributed by atoms with Crippen molar-refractivity contribution in [2.24, 2.45) is 0 Å². The Morgan fingerprint density at radius 1 is 0.730 bits per heavy atom.